The molecule has 0 amide bonds. The summed E-state index contributed by atoms with van der Waals surface area (Å²) in [6.45, 7) is 6.24. The molecule has 3 atom stereocenters. The van der Waals surface area contributed by atoms with Gasteiger partial charge in [0.2, 0.25) is 0 Å². The lowest BCUT2D eigenvalue weighted by Crippen LogP contribution is -2.49. The second-order valence-electron chi connectivity index (χ2n) is 11.3. The number of alkyl halides is 2. The third kappa shape index (κ3) is 5.03. The number of para-hydroxylation sites is 1. The summed E-state index contributed by atoms with van der Waals surface area (Å²) in [6.07, 6.45) is 0.0455. The number of H-pyrrole nitrogens is 1. The van der Waals surface area contributed by atoms with E-state index in [0.29, 0.717) is 38.2 Å². The van der Waals surface area contributed by atoms with E-state index in [1.165, 1.54) is 26.0 Å². The molecule has 0 radical (unpaired) electrons. The van der Waals surface area contributed by atoms with Crippen LogP contribution >= 0.6 is 0 Å². The largest absolute Gasteiger partial charge is 0.388 e. The normalized spacial score (nSPS) is 22.3. The Morgan fingerprint density at radius 1 is 1.14 bits per heavy atom. The summed E-state index contributed by atoms with van der Waals surface area (Å²) >= 11 is 0. The molecule has 1 aromatic heterocycles. The summed E-state index contributed by atoms with van der Waals surface area (Å²) in [4.78, 5) is 7.23. The summed E-state index contributed by atoms with van der Waals surface area (Å²) in [5, 5.41) is 11.8. The van der Waals surface area contributed by atoms with E-state index in [0.717, 1.165) is 16.5 Å². The summed E-state index contributed by atoms with van der Waals surface area (Å²) in [7, 11) is 0. The van der Waals surface area contributed by atoms with Gasteiger partial charge in [-0.2, -0.15) is 0 Å². The molecule has 0 bridgehead atoms. The maximum atomic E-state index is 15.8. The molecule has 2 aliphatic rings. The molecule has 1 saturated heterocycles. The van der Waals surface area contributed by atoms with Gasteiger partial charge in [0.1, 0.15) is 17.3 Å². The Labute approximate surface area is 215 Å². The second kappa shape index (κ2) is 10.0. The zero-order valence-electron chi connectivity index (χ0n) is 21.6. The van der Waals surface area contributed by atoms with Crippen molar-refractivity contribution in [3.05, 3.63) is 70.4 Å². The Morgan fingerprint density at radius 2 is 1.81 bits per heavy atom. The zero-order chi connectivity index (χ0) is 26.5. The predicted octanol–water partition coefficient (Wildman–Crippen LogP) is 5.86. The van der Waals surface area contributed by atoms with Gasteiger partial charge in [0.25, 0.3) is 0 Å². The number of aromatic amines is 1. The zero-order valence-corrected chi connectivity index (χ0v) is 21.6. The number of fused-ring (bicyclic) bond motifs is 3. The van der Waals surface area contributed by atoms with Crippen LogP contribution in [0.2, 0.25) is 0 Å². The number of nitrogens with one attached hydrogen (secondary N) is 1. The van der Waals surface area contributed by atoms with E-state index in [1.54, 1.807) is 0 Å². The minimum Gasteiger partial charge on any atom is -0.388 e. The van der Waals surface area contributed by atoms with Gasteiger partial charge < -0.3 is 15.0 Å². The summed E-state index contributed by atoms with van der Waals surface area (Å²) in [5.74, 6) is -1.68. The maximum absolute atomic E-state index is 15.8. The number of aliphatic hydroxyl groups is 1. The molecule has 3 heterocycles. The number of nitrogens with zero attached hydrogens (tertiary/aromatic N) is 2. The molecule has 2 N–H and O–H groups in total. The molecule has 1 fully saturated rings. The van der Waals surface area contributed by atoms with Gasteiger partial charge in [-0.25, -0.2) is 13.2 Å². The van der Waals surface area contributed by atoms with Crippen molar-refractivity contribution < 1.29 is 22.7 Å². The smallest absolute Gasteiger partial charge is 0.131 e. The average molecular weight is 518 g/mol. The molecule has 8 heteroatoms. The lowest BCUT2D eigenvalue weighted by Gasteiger charge is -2.43. The van der Waals surface area contributed by atoms with Gasteiger partial charge in [0.05, 0.1) is 18.8 Å². The summed E-state index contributed by atoms with van der Waals surface area (Å²) < 4.78 is 59.0. The van der Waals surface area contributed by atoms with Crippen LogP contribution < -0.4 is 0 Å². The predicted molar refractivity (Wildman–Crippen MR) is 137 cm³/mol. The van der Waals surface area contributed by atoms with Crippen molar-refractivity contribution in [2.45, 2.75) is 57.5 Å². The molecular weight excluding hydrogens is 482 g/mol. The minimum atomic E-state index is -1.57. The summed E-state index contributed by atoms with van der Waals surface area (Å²) in [6, 6.07) is 9.20. The van der Waals surface area contributed by atoms with Crippen LogP contribution in [0.25, 0.3) is 10.9 Å². The molecule has 2 aliphatic heterocycles. The first kappa shape index (κ1) is 26.2. The van der Waals surface area contributed by atoms with Crippen LogP contribution in [-0.2, 0) is 6.42 Å². The van der Waals surface area contributed by atoms with Gasteiger partial charge in [-0.1, -0.05) is 18.2 Å². The molecule has 2 aromatic carbocycles. The van der Waals surface area contributed by atoms with E-state index in [4.69, 9.17) is 0 Å². The Morgan fingerprint density at radius 3 is 2.46 bits per heavy atom. The van der Waals surface area contributed by atoms with Gasteiger partial charge in [0, 0.05) is 60.3 Å². The first-order valence-corrected chi connectivity index (χ1v) is 13.1. The van der Waals surface area contributed by atoms with E-state index in [-0.39, 0.29) is 29.6 Å². The molecule has 0 saturated carbocycles. The number of halogens is 4. The van der Waals surface area contributed by atoms with Crippen molar-refractivity contribution in [3.8, 4) is 0 Å². The van der Waals surface area contributed by atoms with Crippen LogP contribution in [0.5, 0.6) is 0 Å². The van der Waals surface area contributed by atoms with Crippen molar-refractivity contribution in [3.63, 3.8) is 0 Å². The number of likely N-dealkylation sites (tertiary alicyclic amines) is 1. The highest BCUT2D eigenvalue weighted by Crippen LogP contribution is 2.44. The van der Waals surface area contributed by atoms with Crippen LogP contribution in [-0.4, -0.2) is 64.5 Å². The quantitative estimate of drug-likeness (QED) is 0.368. The Bertz CT molecular complexity index is 1240. The highest BCUT2D eigenvalue weighted by Gasteiger charge is 2.41. The van der Waals surface area contributed by atoms with Gasteiger partial charge in [0.15, 0.2) is 0 Å². The number of rotatable bonds is 8. The van der Waals surface area contributed by atoms with Crippen molar-refractivity contribution in [2.24, 2.45) is 5.92 Å². The SMILES string of the molecule is C[C@@H]1Cc2c([nH]c3ccccc23)[C@@H](c2c(F)cc([C@@H](O)C3CN(CCCF)C3)cc2F)N1CC(C)(C)F. The summed E-state index contributed by atoms with van der Waals surface area (Å²) in [5.41, 5.74) is 1.02. The van der Waals surface area contributed by atoms with Gasteiger partial charge in [-0.15, -0.1) is 0 Å². The van der Waals surface area contributed by atoms with E-state index in [9.17, 15) is 13.9 Å². The highest BCUT2D eigenvalue weighted by atomic mass is 19.1. The average Bonchev–Trinajstić information content (AvgIpc) is 3.16. The molecule has 5 rings (SSSR count). The molecule has 4 nitrogen and oxygen atoms in total. The number of aromatic nitrogens is 1. The Balaban J connectivity index is 1.52. The van der Waals surface area contributed by atoms with Crippen LogP contribution in [0.4, 0.5) is 17.6 Å². The third-order valence-electron chi connectivity index (χ3n) is 7.83. The number of hydrogen-bond donors (Lipinski definition) is 2. The highest BCUT2D eigenvalue weighted by molar-refractivity contribution is 5.85. The van der Waals surface area contributed by atoms with Gasteiger partial charge >= 0.3 is 0 Å². The Hall–Kier alpha value is -2.42. The fraction of sp³-hybridized carbons (Fsp3) is 0.517. The first-order valence-electron chi connectivity index (χ1n) is 13.1. The molecule has 3 aromatic rings. The van der Waals surface area contributed by atoms with E-state index in [2.05, 4.69) is 4.98 Å². The van der Waals surface area contributed by atoms with E-state index in [1.807, 2.05) is 41.0 Å². The van der Waals surface area contributed by atoms with Crippen LogP contribution in [0.3, 0.4) is 0 Å². The van der Waals surface area contributed by atoms with Crippen molar-refractivity contribution in [1.82, 2.24) is 14.8 Å². The standard InChI is InChI=1S/C29H35F4N3O/c1-17-11-21-20-7-4-5-8-24(20)34-26(21)27(36(17)16-29(2,3)33)25-22(31)12-18(13-23(25)32)28(37)19-14-35(15-19)10-6-9-30/h4-5,7-8,12-13,17,19,27-28,34,37H,6,9-11,14-16H2,1-3H3/t17-,27-,28-/m1/s1. The number of benzene rings is 2. The van der Waals surface area contributed by atoms with Gasteiger partial charge in [-0.3, -0.25) is 9.29 Å². The first-order chi connectivity index (χ1) is 17.6. The van der Waals surface area contributed by atoms with Crippen molar-refractivity contribution in [2.75, 3.05) is 32.9 Å². The van der Waals surface area contributed by atoms with Gasteiger partial charge in [-0.05, 0) is 62.9 Å². The topological polar surface area (TPSA) is 42.5 Å². The van der Waals surface area contributed by atoms with Crippen LogP contribution in [0, 0.1) is 17.6 Å². The monoisotopic (exact) mass is 517 g/mol. The molecule has 0 unspecified atom stereocenters. The maximum Gasteiger partial charge on any atom is 0.131 e. The lowest BCUT2D eigenvalue weighted by molar-refractivity contribution is -0.00641. The minimum absolute atomic E-state index is 0.00762. The fourth-order valence-corrected chi connectivity index (χ4v) is 6.08. The molecule has 0 aliphatic carbocycles. The van der Waals surface area contributed by atoms with E-state index < -0.39 is 36.1 Å². The molecule has 0 spiro atoms. The fourth-order valence-electron chi connectivity index (χ4n) is 6.08. The van der Waals surface area contributed by atoms with Crippen molar-refractivity contribution >= 4 is 10.9 Å². The second-order valence-corrected chi connectivity index (χ2v) is 11.3. The third-order valence-corrected chi connectivity index (χ3v) is 7.83. The number of hydrogen-bond acceptors (Lipinski definition) is 3. The molecular formula is C29H35F4N3O. The molecule has 200 valence electrons. The number of aliphatic hydroxyl groups excluding tert-OH is 1. The molecule has 37 heavy (non-hydrogen) atoms. The Kier molecular flexibility index (Phi) is 7.11. The van der Waals surface area contributed by atoms with Crippen LogP contribution in [0.15, 0.2) is 36.4 Å². The van der Waals surface area contributed by atoms with Crippen LogP contribution in [0.1, 0.15) is 61.7 Å². The van der Waals surface area contributed by atoms with Crippen molar-refractivity contribution in [1.29, 1.82) is 0 Å². The van der Waals surface area contributed by atoms with E-state index >= 15 is 8.78 Å². The lowest BCUT2D eigenvalue weighted by atomic mass is 9.85.